The minimum atomic E-state index is -0.199. The van der Waals surface area contributed by atoms with Gasteiger partial charge in [-0.25, -0.2) is 9.97 Å². The van der Waals surface area contributed by atoms with Gasteiger partial charge in [-0.05, 0) is 56.1 Å². The molecule has 0 atom stereocenters. The van der Waals surface area contributed by atoms with Gasteiger partial charge in [0, 0.05) is 29.4 Å². The number of carbonyl (C=O) groups is 1. The van der Waals surface area contributed by atoms with E-state index in [4.69, 9.17) is 16.3 Å². The van der Waals surface area contributed by atoms with Crippen LogP contribution in [-0.2, 0) is 11.4 Å². The maximum absolute atomic E-state index is 12.2. The van der Waals surface area contributed by atoms with Crippen molar-refractivity contribution in [3.8, 4) is 5.75 Å². The number of hydrogen-bond acceptors (Lipinski definition) is 6. The number of likely N-dealkylation sites (N-methyl/N-ethyl adjacent to an activating group) is 1. The van der Waals surface area contributed by atoms with Crippen LogP contribution in [0.4, 0.5) is 17.2 Å². The largest absolute Gasteiger partial charge is 0.487 e. The molecule has 0 aliphatic carbocycles. The van der Waals surface area contributed by atoms with E-state index in [9.17, 15) is 4.79 Å². The van der Waals surface area contributed by atoms with Gasteiger partial charge in [-0.2, -0.15) is 0 Å². The molecule has 7 nitrogen and oxygen atoms in total. The first-order valence-electron chi connectivity index (χ1n) is 11.1. The number of aromatic nitrogens is 2. The number of hydrogen-bond donors (Lipinski definition) is 2. The predicted molar refractivity (Wildman–Crippen MR) is 141 cm³/mol. The van der Waals surface area contributed by atoms with Crippen molar-refractivity contribution in [1.82, 2.24) is 14.9 Å². The number of carbonyl (C=O) groups excluding carboxylic acids is 1. The number of ether oxygens (including phenoxy) is 1. The van der Waals surface area contributed by atoms with Crippen LogP contribution in [-0.4, -0.2) is 41.4 Å². The molecular formula is C27H26ClN5O2. The number of nitrogens with one attached hydrogen (secondary N) is 2. The zero-order valence-corrected chi connectivity index (χ0v) is 20.3. The van der Waals surface area contributed by atoms with Crippen molar-refractivity contribution < 1.29 is 9.53 Å². The third-order valence-corrected chi connectivity index (χ3v) is 5.37. The average Bonchev–Trinajstić information content (AvgIpc) is 2.84. The summed E-state index contributed by atoms with van der Waals surface area (Å²) in [6.45, 7) is 1.12. The highest BCUT2D eigenvalue weighted by atomic mass is 35.5. The lowest BCUT2D eigenvalue weighted by Gasteiger charge is -2.12. The van der Waals surface area contributed by atoms with Crippen LogP contribution in [0.15, 0.2) is 85.2 Å². The zero-order valence-electron chi connectivity index (χ0n) is 19.5. The third-order valence-electron chi connectivity index (χ3n) is 5.07. The van der Waals surface area contributed by atoms with E-state index in [0.717, 1.165) is 22.2 Å². The maximum atomic E-state index is 12.2. The molecule has 0 unspecified atom stereocenters. The zero-order chi connectivity index (χ0) is 24.6. The van der Waals surface area contributed by atoms with Crippen LogP contribution >= 0.6 is 11.6 Å². The fourth-order valence-corrected chi connectivity index (χ4v) is 3.59. The molecule has 0 aliphatic heterocycles. The molecule has 35 heavy (non-hydrogen) atoms. The molecule has 0 aliphatic rings. The Morgan fingerprint density at radius 3 is 2.60 bits per heavy atom. The van der Waals surface area contributed by atoms with E-state index < -0.39 is 0 Å². The minimum Gasteiger partial charge on any atom is -0.487 e. The van der Waals surface area contributed by atoms with Crippen LogP contribution in [0.3, 0.4) is 0 Å². The number of fused-ring (bicyclic) bond motifs is 1. The number of halogens is 1. The topological polar surface area (TPSA) is 79.4 Å². The molecule has 0 saturated carbocycles. The van der Waals surface area contributed by atoms with E-state index in [0.29, 0.717) is 35.4 Å². The second-order valence-electron chi connectivity index (χ2n) is 8.15. The number of benzene rings is 3. The number of amides is 1. The SMILES string of the molecule is CN(C)C/C=C/C(=O)Nc1ccc2ncnc(Nc3ccc(OCc4ccccc4)c(Cl)c3)c2c1. The van der Waals surface area contributed by atoms with E-state index in [1.807, 2.05) is 85.7 Å². The van der Waals surface area contributed by atoms with E-state index in [1.54, 1.807) is 6.07 Å². The van der Waals surface area contributed by atoms with Crippen LogP contribution in [0.1, 0.15) is 5.56 Å². The Hall–Kier alpha value is -3.94. The molecule has 1 aromatic heterocycles. The summed E-state index contributed by atoms with van der Waals surface area (Å²) in [6, 6.07) is 20.9. The second kappa shape index (κ2) is 11.5. The van der Waals surface area contributed by atoms with Crippen LogP contribution in [0.25, 0.3) is 10.9 Å². The standard InChI is InChI=1S/C27H26ClN5O2/c1-33(2)14-6-9-26(34)31-20-10-12-24-22(15-20)27(30-18-29-24)32-21-11-13-25(23(28)16-21)35-17-19-7-4-3-5-8-19/h3-13,15-16,18H,14,17H2,1-2H3,(H,31,34)(H,29,30,32)/b9-6+. The van der Waals surface area contributed by atoms with Gasteiger partial charge in [-0.15, -0.1) is 0 Å². The third kappa shape index (κ3) is 6.79. The van der Waals surface area contributed by atoms with E-state index in [2.05, 4.69) is 20.6 Å². The highest BCUT2D eigenvalue weighted by Gasteiger charge is 2.09. The quantitative estimate of drug-likeness (QED) is 0.296. The fraction of sp³-hybridized carbons (Fsp3) is 0.148. The first kappa shape index (κ1) is 24.2. The first-order valence-corrected chi connectivity index (χ1v) is 11.5. The van der Waals surface area contributed by atoms with Gasteiger partial charge < -0.3 is 20.3 Å². The Labute approximate surface area is 209 Å². The molecule has 4 rings (SSSR count). The highest BCUT2D eigenvalue weighted by molar-refractivity contribution is 6.32. The summed E-state index contributed by atoms with van der Waals surface area (Å²) >= 11 is 6.47. The van der Waals surface area contributed by atoms with Gasteiger partial charge in [0.1, 0.15) is 24.5 Å². The first-order chi connectivity index (χ1) is 17.0. The summed E-state index contributed by atoms with van der Waals surface area (Å²) in [5.74, 6) is 1.000. The highest BCUT2D eigenvalue weighted by Crippen LogP contribution is 2.31. The second-order valence-corrected chi connectivity index (χ2v) is 8.56. The Balaban J connectivity index is 1.48. The van der Waals surface area contributed by atoms with Crippen molar-refractivity contribution >= 4 is 45.6 Å². The molecule has 8 heteroatoms. The minimum absolute atomic E-state index is 0.199. The molecule has 1 amide bonds. The number of nitrogens with zero attached hydrogens (tertiary/aromatic N) is 3. The normalized spacial score (nSPS) is 11.2. The molecule has 0 fully saturated rings. The van der Waals surface area contributed by atoms with Crippen LogP contribution in [0.2, 0.25) is 5.02 Å². The van der Waals surface area contributed by atoms with Crippen molar-refractivity contribution in [2.45, 2.75) is 6.61 Å². The van der Waals surface area contributed by atoms with Crippen LogP contribution in [0, 0.1) is 0 Å². The lowest BCUT2D eigenvalue weighted by atomic mass is 10.2. The van der Waals surface area contributed by atoms with Crippen LogP contribution in [0.5, 0.6) is 5.75 Å². The Morgan fingerprint density at radius 2 is 1.83 bits per heavy atom. The van der Waals surface area contributed by atoms with Gasteiger partial charge in [0.15, 0.2) is 0 Å². The van der Waals surface area contributed by atoms with Crippen molar-refractivity contribution in [1.29, 1.82) is 0 Å². The van der Waals surface area contributed by atoms with Gasteiger partial charge in [0.2, 0.25) is 5.91 Å². The van der Waals surface area contributed by atoms with Gasteiger partial charge in [-0.3, -0.25) is 4.79 Å². The van der Waals surface area contributed by atoms with Crippen molar-refractivity contribution in [2.24, 2.45) is 0 Å². The molecule has 0 radical (unpaired) electrons. The average molecular weight is 488 g/mol. The molecule has 0 bridgehead atoms. The summed E-state index contributed by atoms with van der Waals surface area (Å²) < 4.78 is 5.86. The molecule has 0 saturated heterocycles. The predicted octanol–water partition coefficient (Wildman–Crippen LogP) is 5.66. The summed E-state index contributed by atoms with van der Waals surface area (Å²) in [5, 5.41) is 7.42. The Bertz CT molecular complexity index is 1340. The molecule has 0 spiro atoms. The van der Waals surface area contributed by atoms with Gasteiger partial charge >= 0.3 is 0 Å². The summed E-state index contributed by atoms with van der Waals surface area (Å²) in [4.78, 5) is 22.9. The summed E-state index contributed by atoms with van der Waals surface area (Å²) in [7, 11) is 3.89. The lowest BCUT2D eigenvalue weighted by Crippen LogP contribution is -2.12. The summed E-state index contributed by atoms with van der Waals surface area (Å²) in [6.07, 6.45) is 4.82. The smallest absolute Gasteiger partial charge is 0.248 e. The van der Waals surface area contributed by atoms with E-state index in [1.165, 1.54) is 12.4 Å². The van der Waals surface area contributed by atoms with Crippen molar-refractivity contribution in [2.75, 3.05) is 31.3 Å². The van der Waals surface area contributed by atoms with E-state index >= 15 is 0 Å². The molecular weight excluding hydrogens is 462 g/mol. The van der Waals surface area contributed by atoms with E-state index in [-0.39, 0.29) is 5.91 Å². The lowest BCUT2D eigenvalue weighted by molar-refractivity contribution is -0.111. The molecule has 3 aromatic carbocycles. The van der Waals surface area contributed by atoms with Crippen LogP contribution < -0.4 is 15.4 Å². The van der Waals surface area contributed by atoms with Gasteiger partial charge in [0.25, 0.3) is 0 Å². The number of rotatable bonds is 9. The van der Waals surface area contributed by atoms with Gasteiger partial charge in [-0.1, -0.05) is 48.0 Å². The maximum Gasteiger partial charge on any atom is 0.248 e. The molecule has 178 valence electrons. The number of anilines is 3. The molecule has 4 aromatic rings. The monoisotopic (exact) mass is 487 g/mol. The molecule has 1 heterocycles. The van der Waals surface area contributed by atoms with Crippen molar-refractivity contribution in [3.05, 3.63) is 95.8 Å². The summed E-state index contributed by atoms with van der Waals surface area (Å²) in [5.41, 5.74) is 3.22. The Morgan fingerprint density at radius 1 is 1.03 bits per heavy atom. The fourth-order valence-electron chi connectivity index (χ4n) is 3.36. The Kier molecular flexibility index (Phi) is 7.92. The van der Waals surface area contributed by atoms with Crippen molar-refractivity contribution in [3.63, 3.8) is 0 Å². The molecule has 2 N–H and O–H groups in total. The van der Waals surface area contributed by atoms with Gasteiger partial charge in [0.05, 0.1) is 10.5 Å².